The summed E-state index contributed by atoms with van der Waals surface area (Å²) in [5.41, 5.74) is 5.13. The third kappa shape index (κ3) is 7.52. The van der Waals surface area contributed by atoms with Crippen molar-refractivity contribution < 1.29 is 24.7 Å². The van der Waals surface area contributed by atoms with E-state index in [-0.39, 0.29) is 5.48 Å². The summed E-state index contributed by atoms with van der Waals surface area (Å²) in [6, 6.07) is 60.0. The molecule has 0 bridgehead atoms. The summed E-state index contributed by atoms with van der Waals surface area (Å²) in [6.07, 6.45) is 0. The summed E-state index contributed by atoms with van der Waals surface area (Å²) in [4.78, 5) is 51.1. The van der Waals surface area contributed by atoms with Crippen molar-refractivity contribution in [1.29, 1.82) is 0 Å². The predicted molar refractivity (Wildman–Crippen MR) is 213 cm³/mol. The van der Waals surface area contributed by atoms with Crippen LogP contribution in [-0.4, -0.2) is 28.6 Å². The quantitative estimate of drug-likeness (QED) is 0.117. The van der Waals surface area contributed by atoms with E-state index in [1.807, 2.05) is 121 Å². The summed E-state index contributed by atoms with van der Waals surface area (Å²) < 4.78 is 0. The minimum atomic E-state index is -0.488. The Morgan fingerprint density at radius 3 is 0.981 bits per heavy atom. The second-order valence-corrected chi connectivity index (χ2v) is 12.2. The first-order valence-corrected chi connectivity index (χ1v) is 16.9. The zero-order valence-electron chi connectivity index (χ0n) is 28.6. The average molecular weight is 691 g/mol. The van der Waals surface area contributed by atoms with Crippen molar-refractivity contribution in [3.63, 3.8) is 0 Å². The molecule has 0 heterocycles. The molecule has 0 saturated carbocycles. The third-order valence-corrected chi connectivity index (χ3v) is 8.99. The number of benzene rings is 8. The monoisotopic (exact) mass is 690 g/mol. The summed E-state index contributed by atoms with van der Waals surface area (Å²) in [7, 11) is 0. The molecule has 0 atom stereocenters. The zero-order chi connectivity index (χ0) is 35.9. The Bertz CT molecular complexity index is 2400. The van der Waals surface area contributed by atoms with Crippen LogP contribution in [0, 0.1) is 0 Å². The van der Waals surface area contributed by atoms with Gasteiger partial charge in [-0.1, -0.05) is 194 Å². The molecule has 0 unspecified atom stereocenters. The van der Waals surface area contributed by atoms with Crippen LogP contribution < -0.4 is 0 Å². The van der Waals surface area contributed by atoms with Crippen LogP contribution in [0.1, 0.15) is 41.4 Å². The number of hydrogen-bond donors (Lipinski definition) is 0. The SMILES string of the molecule is O.O=C(C(=O)c1ccccc1-c1cccc2ccccc12)c1ccccc1.O=C(C(=O)c1ccccc1-c1cccc2ccccc12)c1ccccc1. The topological polar surface area (TPSA) is 99.8 Å². The lowest BCUT2D eigenvalue weighted by molar-refractivity contribution is 0.0817. The van der Waals surface area contributed by atoms with Crippen molar-refractivity contribution in [3.8, 4) is 22.3 Å². The van der Waals surface area contributed by atoms with Crippen LogP contribution in [-0.2, 0) is 0 Å². The summed E-state index contributed by atoms with van der Waals surface area (Å²) in [5.74, 6) is -1.95. The second-order valence-electron chi connectivity index (χ2n) is 12.2. The summed E-state index contributed by atoms with van der Waals surface area (Å²) in [6.45, 7) is 0. The van der Waals surface area contributed by atoms with Crippen molar-refractivity contribution in [2.24, 2.45) is 0 Å². The molecule has 53 heavy (non-hydrogen) atoms. The molecule has 0 spiro atoms. The van der Waals surface area contributed by atoms with Crippen LogP contribution in [0.15, 0.2) is 194 Å². The van der Waals surface area contributed by atoms with Gasteiger partial charge < -0.3 is 5.48 Å². The van der Waals surface area contributed by atoms with Gasteiger partial charge in [-0.3, -0.25) is 19.2 Å². The number of Topliss-reactive ketones (excluding diaryl/α,β-unsaturated/α-hetero) is 4. The molecule has 0 radical (unpaired) electrons. The lowest BCUT2D eigenvalue weighted by Crippen LogP contribution is -2.15. The molecular formula is C48H34O5. The number of rotatable bonds is 8. The Kier molecular flexibility index (Phi) is 11.0. The predicted octanol–water partition coefficient (Wildman–Crippen LogP) is 10.3. The molecule has 8 rings (SSSR count). The van der Waals surface area contributed by atoms with Gasteiger partial charge in [0, 0.05) is 22.3 Å². The smallest absolute Gasteiger partial charge is 0.234 e. The molecule has 5 heteroatoms. The van der Waals surface area contributed by atoms with Crippen LogP contribution in [0.4, 0.5) is 0 Å². The fraction of sp³-hybridized carbons (Fsp3) is 0. The highest BCUT2D eigenvalue weighted by molar-refractivity contribution is 6.50. The van der Waals surface area contributed by atoms with Gasteiger partial charge in [-0.25, -0.2) is 0 Å². The number of fused-ring (bicyclic) bond motifs is 2. The lowest BCUT2D eigenvalue weighted by Gasteiger charge is -2.11. The highest BCUT2D eigenvalue weighted by Gasteiger charge is 2.23. The second kappa shape index (κ2) is 16.3. The van der Waals surface area contributed by atoms with Crippen LogP contribution >= 0.6 is 0 Å². The van der Waals surface area contributed by atoms with Gasteiger partial charge in [-0.2, -0.15) is 0 Å². The molecule has 0 aromatic heterocycles. The number of carbonyl (C=O) groups excluding carboxylic acids is 4. The largest absolute Gasteiger partial charge is 0.412 e. The fourth-order valence-electron chi connectivity index (χ4n) is 6.44. The third-order valence-electron chi connectivity index (χ3n) is 8.99. The van der Waals surface area contributed by atoms with Crippen molar-refractivity contribution in [2.45, 2.75) is 0 Å². The molecule has 0 aliphatic rings. The van der Waals surface area contributed by atoms with Crippen LogP contribution in [0.25, 0.3) is 43.8 Å². The van der Waals surface area contributed by atoms with Gasteiger partial charge in [0.1, 0.15) is 0 Å². The molecule has 8 aromatic rings. The van der Waals surface area contributed by atoms with E-state index in [0.717, 1.165) is 43.8 Å². The first-order valence-electron chi connectivity index (χ1n) is 16.9. The van der Waals surface area contributed by atoms with E-state index >= 15 is 0 Å². The molecule has 256 valence electrons. The maximum absolute atomic E-state index is 12.9. The number of hydrogen-bond acceptors (Lipinski definition) is 4. The number of ketones is 4. The molecule has 0 aliphatic carbocycles. The van der Waals surface area contributed by atoms with Gasteiger partial charge >= 0.3 is 0 Å². The molecule has 0 fully saturated rings. The van der Waals surface area contributed by atoms with E-state index in [4.69, 9.17) is 0 Å². The summed E-state index contributed by atoms with van der Waals surface area (Å²) in [5, 5.41) is 4.31. The minimum absolute atomic E-state index is 0. The zero-order valence-corrected chi connectivity index (χ0v) is 28.6. The van der Waals surface area contributed by atoms with E-state index in [2.05, 4.69) is 0 Å². The molecular weight excluding hydrogens is 657 g/mol. The standard InChI is InChI=1S/2C24H16O2.H2O/c2*25-23(18-10-2-1-3-11-18)24(26)22-15-7-6-14-21(22)20-16-8-12-17-9-4-5-13-19(17)20;/h2*1-16H;1H2. The van der Waals surface area contributed by atoms with Gasteiger partial charge in [0.05, 0.1) is 0 Å². The average Bonchev–Trinajstić information content (AvgIpc) is 3.23. The molecule has 8 aromatic carbocycles. The molecule has 0 aliphatic heterocycles. The molecule has 0 amide bonds. The Morgan fingerprint density at radius 2 is 0.566 bits per heavy atom. The first kappa shape index (κ1) is 35.7. The van der Waals surface area contributed by atoms with Crippen LogP contribution in [0.5, 0.6) is 0 Å². The molecule has 0 saturated heterocycles. The van der Waals surface area contributed by atoms with Gasteiger partial charge in [0.2, 0.25) is 23.1 Å². The van der Waals surface area contributed by atoms with E-state index < -0.39 is 23.1 Å². The van der Waals surface area contributed by atoms with Crippen LogP contribution in [0.2, 0.25) is 0 Å². The number of carbonyl (C=O) groups is 4. The fourth-order valence-corrected chi connectivity index (χ4v) is 6.44. The van der Waals surface area contributed by atoms with Crippen molar-refractivity contribution in [1.82, 2.24) is 0 Å². The lowest BCUT2D eigenvalue weighted by atomic mass is 9.91. The van der Waals surface area contributed by atoms with Crippen LogP contribution in [0.3, 0.4) is 0 Å². The van der Waals surface area contributed by atoms with Gasteiger partial charge in [0.15, 0.2) is 0 Å². The Balaban J connectivity index is 0.000000178. The maximum Gasteiger partial charge on any atom is 0.234 e. The Morgan fingerprint density at radius 1 is 0.264 bits per heavy atom. The van der Waals surface area contributed by atoms with Crippen molar-refractivity contribution in [3.05, 3.63) is 216 Å². The van der Waals surface area contributed by atoms with E-state index in [1.165, 1.54) is 0 Å². The van der Waals surface area contributed by atoms with Gasteiger partial charge in [-0.05, 0) is 43.8 Å². The Labute approximate surface area is 307 Å². The van der Waals surface area contributed by atoms with E-state index in [0.29, 0.717) is 22.3 Å². The highest BCUT2D eigenvalue weighted by Crippen LogP contribution is 2.33. The molecule has 5 nitrogen and oxygen atoms in total. The summed E-state index contributed by atoms with van der Waals surface area (Å²) >= 11 is 0. The van der Waals surface area contributed by atoms with E-state index in [1.54, 1.807) is 72.8 Å². The van der Waals surface area contributed by atoms with E-state index in [9.17, 15) is 19.2 Å². The van der Waals surface area contributed by atoms with Crippen molar-refractivity contribution in [2.75, 3.05) is 0 Å². The maximum atomic E-state index is 12.9. The normalized spacial score (nSPS) is 10.4. The molecule has 2 N–H and O–H groups in total. The van der Waals surface area contributed by atoms with Gasteiger partial charge in [0.25, 0.3) is 0 Å². The Hall–Kier alpha value is -7.08. The van der Waals surface area contributed by atoms with Crippen molar-refractivity contribution >= 4 is 44.7 Å². The van der Waals surface area contributed by atoms with Gasteiger partial charge in [-0.15, -0.1) is 0 Å². The first-order chi connectivity index (χ1) is 25.5. The minimum Gasteiger partial charge on any atom is -0.412 e. The highest BCUT2D eigenvalue weighted by atomic mass is 16.2.